The summed E-state index contributed by atoms with van der Waals surface area (Å²) < 4.78 is 29.2. The molecule has 0 amide bonds. The van der Waals surface area contributed by atoms with Crippen molar-refractivity contribution in [3.63, 3.8) is 0 Å². The van der Waals surface area contributed by atoms with E-state index in [1.165, 1.54) is 13.4 Å². The van der Waals surface area contributed by atoms with E-state index in [1.54, 1.807) is 4.57 Å². The van der Waals surface area contributed by atoms with Crippen LogP contribution in [-0.2, 0) is 14.6 Å². The van der Waals surface area contributed by atoms with Crippen LogP contribution in [0.2, 0.25) is 0 Å². The zero-order chi connectivity index (χ0) is 13.3. The maximum atomic E-state index is 11.6. The molecule has 8 heteroatoms. The van der Waals surface area contributed by atoms with E-state index in [-0.39, 0.29) is 29.1 Å². The van der Waals surface area contributed by atoms with E-state index in [1.807, 2.05) is 0 Å². The number of imidazole rings is 1. The van der Waals surface area contributed by atoms with Crippen LogP contribution in [0.25, 0.3) is 0 Å². The van der Waals surface area contributed by atoms with Gasteiger partial charge in [-0.15, -0.1) is 0 Å². The number of hydrogen-bond acceptors (Lipinski definition) is 6. The Kier molecular flexibility index (Phi) is 3.29. The molecule has 2 heterocycles. The van der Waals surface area contributed by atoms with E-state index in [0.717, 1.165) is 0 Å². The molecule has 0 spiro atoms. The van der Waals surface area contributed by atoms with E-state index >= 15 is 0 Å². The van der Waals surface area contributed by atoms with E-state index in [0.29, 0.717) is 12.8 Å². The van der Waals surface area contributed by atoms with Crippen LogP contribution in [0.15, 0.2) is 6.33 Å². The van der Waals surface area contributed by atoms with Crippen molar-refractivity contribution >= 4 is 21.6 Å². The molecule has 0 aliphatic carbocycles. The van der Waals surface area contributed by atoms with Gasteiger partial charge in [-0.05, 0) is 12.8 Å². The molecule has 0 bridgehead atoms. The number of methoxy groups -OCH3 is 1. The first kappa shape index (κ1) is 12.9. The first-order chi connectivity index (χ1) is 8.44. The smallest absolute Gasteiger partial charge is 0.360 e. The number of nitrogens with zero attached hydrogens (tertiary/aromatic N) is 2. The summed E-state index contributed by atoms with van der Waals surface area (Å²) in [5, 5.41) is 0. The van der Waals surface area contributed by atoms with Crippen molar-refractivity contribution < 1.29 is 17.9 Å². The van der Waals surface area contributed by atoms with Crippen molar-refractivity contribution in [1.82, 2.24) is 9.55 Å². The van der Waals surface area contributed by atoms with Gasteiger partial charge < -0.3 is 15.0 Å². The van der Waals surface area contributed by atoms with Crippen LogP contribution in [0.3, 0.4) is 0 Å². The Morgan fingerprint density at radius 1 is 1.61 bits per heavy atom. The van der Waals surface area contributed by atoms with Crippen LogP contribution in [-0.4, -0.2) is 42.6 Å². The molecule has 1 fully saturated rings. The predicted molar refractivity (Wildman–Crippen MR) is 64.9 cm³/mol. The molecule has 1 unspecified atom stereocenters. The third kappa shape index (κ3) is 2.33. The van der Waals surface area contributed by atoms with Crippen LogP contribution in [0, 0.1) is 0 Å². The maximum absolute atomic E-state index is 11.6. The molecule has 0 radical (unpaired) electrons. The Morgan fingerprint density at radius 2 is 2.33 bits per heavy atom. The number of sulfone groups is 1. The first-order valence-electron chi connectivity index (χ1n) is 5.55. The Morgan fingerprint density at radius 3 is 2.94 bits per heavy atom. The summed E-state index contributed by atoms with van der Waals surface area (Å²) in [5.41, 5.74) is 5.83. The van der Waals surface area contributed by atoms with Crippen LogP contribution in [0.1, 0.15) is 29.4 Å². The molecule has 1 aromatic heterocycles. The number of nitrogens with two attached hydrogens (primary N) is 1. The minimum absolute atomic E-state index is 0.0282. The second-order valence-electron chi connectivity index (χ2n) is 4.29. The number of carbonyl (C=O) groups is 1. The highest BCUT2D eigenvalue weighted by atomic mass is 32.2. The summed E-state index contributed by atoms with van der Waals surface area (Å²) in [5.74, 6) is -0.218. The lowest BCUT2D eigenvalue weighted by Crippen LogP contribution is -2.28. The summed E-state index contributed by atoms with van der Waals surface area (Å²) in [6.45, 7) is 0. The van der Waals surface area contributed by atoms with Gasteiger partial charge in [-0.3, -0.25) is 0 Å². The largest absolute Gasteiger partial charge is 0.464 e. The van der Waals surface area contributed by atoms with Gasteiger partial charge in [0, 0.05) is 0 Å². The van der Waals surface area contributed by atoms with Gasteiger partial charge in [0.05, 0.1) is 31.0 Å². The summed E-state index contributed by atoms with van der Waals surface area (Å²) in [7, 11) is -1.79. The number of carbonyl (C=O) groups excluding carboxylic acids is 1. The van der Waals surface area contributed by atoms with Crippen molar-refractivity contribution in [2.75, 3.05) is 24.3 Å². The van der Waals surface area contributed by atoms with Crippen LogP contribution < -0.4 is 5.73 Å². The van der Waals surface area contributed by atoms with Crippen molar-refractivity contribution in [3.05, 3.63) is 12.0 Å². The van der Waals surface area contributed by atoms with Crippen molar-refractivity contribution in [2.24, 2.45) is 0 Å². The van der Waals surface area contributed by atoms with Gasteiger partial charge in [0.1, 0.15) is 5.82 Å². The Labute approximate surface area is 105 Å². The molecule has 1 aromatic rings. The Bertz CT molecular complexity index is 564. The SMILES string of the molecule is COC(=O)c1ncn(C2CCCS(=O)(=O)C2)c1N. The Hall–Kier alpha value is -1.57. The summed E-state index contributed by atoms with van der Waals surface area (Å²) in [6, 6.07) is -0.255. The second-order valence-corrected chi connectivity index (χ2v) is 6.52. The molecule has 1 aliphatic heterocycles. The van der Waals surface area contributed by atoms with Crippen LogP contribution in [0.4, 0.5) is 5.82 Å². The normalized spacial score (nSPS) is 22.6. The summed E-state index contributed by atoms with van der Waals surface area (Å²) in [4.78, 5) is 15.2. The van der Waals surface area contributed by atoms with Crippen LogP contribution in [0.5, 0.6) is 0 Å². The van der Waals surface area contributed by atoms with Gasteiger partial charge in [0.25, 0.3) is 0 Å². The molecule has 2 N–H and O–H groups in total. The highest BCUT2D eigenvalue weighted by molar-refractivity contribution is 7.91. The van der Waals surface area contributed by atoms with E-state index < -0.39 is 15.8 Å². The highest BCUT2D eigenvalue weighted by Gasteiger charge is 2.28. The van der Waals surface area contributed by atoms with Gasteiger partial charge in [-0.2, -0.15) is 0 Å². The van der Waals surface area contributed by atoms with Gasteiger partial charge >= 0.3 is 5.97 Å². The molecule has 7 nitrogen and oxygen atoms in total. The van der Waals surface area contributed by atoms with Gasteiger partial charge in [0.2, 0.25) is 0 Å². The zero-order valence-electron chi connectivity index (χ0n) is 10.00. The lowest BCUT2D eigenvalue weighted by Gasteiger charge is -2.23. The summed E-state index contributed by atoms with van der Waals surface area (Å²) in [6.07, 6.45) is 2.70. The number of nitrogen functional groups attached to an aromatic ring is 1. The monoisotopic (exact) mass is 273 g/mol. The molecule has 18 heavy (non-hydrogen) atoms. The fraction of sp³-hybridized carbons (Fsp3) is 0.600. The van der Waals surface area contributed by atoms with E-state index in [9.17, 15) is 13.2 Å². The molecule has 100 valence electrons. The number of hydrogen-bond donors (Lipinski definition) is 1. The summed E-state index contributed by atoms with van der Waals surface area (Å²) >= 11 is 0. The number of anilines is 1. The standard InChI is InChI=1S/C10H15N3O4S/c1-17-10(14)8-9(11)13(6-12-8)7-3-2-4-18(15,16)5-7/h6-7H,2-5,11H2,1H3. The minimum Gasteiger partial charge on any atom is -0.464 e. The molecule has 1 aliphatic rings. The average Bonchev–Trinajstić information content (AvgIpc) is 2.69. The highest BCUT2D eigenvalue weighted by Crippen LogP contribution is 2.26. The number of esters is 1. The van der Waals surface area contributed by atoms with Crippen molar-refractivity contribution in [3.8, 4) is 0 Å². The van der Waals surface area contributed by atoms with Crippen molar-refractivity contribution in [2.45, 2.75) is 18.9 Å². The topological polar surface area (TPSA) is 104 Å². The minimum atomic E-state index is -3.03. The van der Waals surface area contributed by atoms with Crippen molar-refractivity contribution in [1.29, 1.82) is 0 Å². The fourth-order valence-corrected chi connectivity index (χ4v) is 3.82. The lowest BCUT2D eigenvalue weighted by molar-refractivity contribution is 0.0596. The Balaban J connectivity index is 2.29. The molecule has 0 saturated carbocycles. The quantitative estimate of drug-likeness (QED) is 0.761. The molecular formula is C10H15N3O4S. The number of aromatic nitrogens is 2. The van der Waals surface area contributed by atoms with Gasteiger partial charge in [-0.25, -0.2) is 18.2 Å². The second kappa shape index (κ2) is 4.60. The third-order valence-electron chi connectivity index (χ3n) is 3.04. The molecule has 0 aromatic carbocycles. The molecule has 2 rings (SSSR count). The van der Waals surface area contributed by atoms with E-state index in [2.05, 4.69) is 9.72 Å². The first-order valence-corrected chi connectivity index (χ1v) is 7.38. The van der Waals surface area contributed by atoms with E-state index in [4.69, 9.17) is 5.73 Å². The molecular weight excluding hydrogens is 258 g/mol. The number of ether oxygens (including phenoxy) is 1. The molecule has 1 atom stereocenters. The average molecular weight is 273 g/mol. The molecule has 1 saturated heterocycles. The predicted octanol–water partition coefficient (Wildman–Crippen LogP) is 0.00160. The van der Waals surface area contributed by atoms with Gasteiger partial charge in [0.15, 0.2) is 15.5 Å². The third-order valence-corrected chi connectivity index (χ3v) is 4.85. The van der Waals surface area contributed by atoms with Gasteiger partial charge in [-0.1, -0.05) is 0 Å². The fourth-order valence-electron chi connectivity index (χ4n) is 2.13. The lowest BCUT2D eigenvalue weighted by atomic mass is 10.2. The number of rotatable bonds is 2. The zero-order valence-corrected chi connectivity index (χ0v) is 10.8. The van der Waals surface area contributed by atoms with Crippen LogP contribution >= 0.6 is 0 Å². The maximum Gasteiger partial charge on any atom is 0.360 e.